The van der Waals surface area contributed by atoms with Crippen LogP contribution in [-0.4, -0.2) is 11.5 Å². The van der Waals surface area contributed by atoms with Crippen LogP contribution in [0.5, 0.6) is 0 Å². The minimum absolute atomic E-state index is 0.0602. The predicted molar refractivity (Wildman–Crippen MR) is 56.9 cm³/mol. The van der Waals surface area contributed by atoms with Crippen LogP contribution in [0.2, 0.25) is 0 Å². The SMILES string of the molecule is O=C(C1=NN[C]C1)c1ccccc1Br. The van der Waals surface area contributed by atoms with Crippen LogP contribution in [-0.2, 0) is 0 Å². The Morgan fingerprint density at radius 3 is 2.93 bits per heavy atom. The molecule has 14 heavy (non-hydrogen) atoms. The van der Waals surface area contributed by atoms with E-state index in [4.69, 9.17) is 0 Å². The van der Waals surface area contributed by atoms with Crippen LogP contribution in [0.3, 0.4) is 0 Å². The van der Waals surface area contributed by atoms with E-state index in [1.165, 1.54) is 0 Å². The van der Waals surface area contributed by atoms with Crippen molar-refractivity contribution in [2.24, 2.45) is 5.10 Å². The summed E-state index contributed by atoms with van der Waals surface area (Å²) in [4.78, 5) is 11.8. The molecule has 0 atom stereocenters. The topological polar surface area (TPSA) is 41.5 Å². The Bertz CT molecular complexity index is 401. The minimum Gasteiger partial charge on any atom is -0.298 e. The lowest BCUT2D eigenvalue weighted by atomic mass is 10.1. The highest BCUT2D eigenvalue weighted by atomic mass is 79.9. The number of carbonyl (C=O) groups is 1. The van der Waals surface area contributed by atoms with Crippen molar-refractivity contribution in [3.63, 3.8) is 0 Å². The Labute approximate surface area is 90.3 Å². The molecule has 0 bridgehead atoms. The first-order valence-corrected chi connectivity index (χ1v) is 4.92. The number of ketones is 1. The van der Waals surface area contributed by atoms with Crippen molar-refractivity contribution in [2.45, 2.75) is 6.42 Å². The Kier molecular flexibility index (Phi) is 2.63. The van der Waals surface area contributed by atoms with Gasteiger partial charge in [0.1, 0.15) is 12.3 Å². The van der Waals surface area contributed by atoms with Gasteiger partial charge in [0.2, 0.25) is 5.78 Å². The summed E-state index contributed by atoms with van der Waals surface area (Å²) < 4.78 is 0.791. The molecule has 4 heteroatoms. The quantitative estimate of drug-likeness (QED) is 0.817. The third-order valence-corrected chi connectivity index (χ3v) is 2.60. The summed E-state index contributed by atoms with van der Waals surface area (Å²) in [7, 11) is 0. The van der Waals surface area contributed by atoms with Gasteiger partial charge in [-0.25, -0.2) is 0 Å². The fourth-order valence-electron chi connectivity index (χ4n) is 1.20. The van der Waals surface area contributed by atoms with E-state index in [0.717, 1.165) is 4.47 Å². The molecule has 0 saturated carbocycles. The van der Waals surface area contributed by atoms with E-state index in [2.05, 4.69) is 33.0 Å². The molecule has 0 unspecified atom stereocenters. The molecule has 1 aliphatic heterocycles. The van der Waals surface area contributed by atoms with Gasteiger partial charge in [0, 0.05) is 16.5 Å². The van der Waals surface area contributed by atoms with E-state index in [-0.39, 0.29) is 5.78 Å². The maximum absolute atomic E-state index is 11.8. The third-order valence-electron chi connectivity index (χ3n) is 1.91. The van der Waals surface area contributed by atoms with Crippen molar-refractivity contribution in [1.29, 1.82) is 0 Å². The molecule has 0 fully saturated rings. The highest BCUT2D eigenvalue weighted by Gasteiger charge is 2.19. The number of carbonyl (C=O) groups excluding carboxylic acids is 1. The van der Waals surface area contributed by atoms with Crippen LogP contribution in [0.15, 0.2) is 33.8 Å². The lowest BCUT2D eigenvalue weighted by Gasteiger charge is -2.01. The van der Waals surface area contributed by atoms with Crippen LogP contribution in [0.4, 0.5) is 0 Å². The molecule has 1 heterocycles. The van der Waals surface area contributed by atoms with E-state index >= 15 is 0 Å². The lowest BCUT2D eigenvalue weighted by Crippen LogP contribution is -2.12. The monoisotopic (exact) mass is 250 g/mol. The normalized spacial score (nSPS) is 14.8. The van der Waals surface area contributed by atoms with E-state index in [0.29, 0.717) is 17.7 Å². The van der Waals surface area contributed by atoms with Crippen LogP contribution in [0.25, 0.3) is 0 Å². The first-order chi connectivity index (χ1) is 6.79. The van der Waals surface area contributed by atoms with Crippen molar-refractivity contribution in [3.05, 3.63) is 40.8 Å². The third kappa shape index (κ3) is 1.70. The van der Waals surface area contributed by atoms with Crippen LogP contribution < -0.4 is 5.43 Å². The maximum Gasteiger partial charge on any atom is 0.210 e. The summed E-state index contributed by atoms with van der Waals surface area (Å²) in [6, 6.07) is 7.30. The summed E-state index contributed by atoms with van der Waals surface area (Å²) in [6.45, 7) is 2.75. The number of hydrazone groups is 1. The number of hydrogen-bond donors (Lipinski definition) is 1. The van der Waals surface area contributed by atoms with Crippen LogP contribution in [0, 0.1) is 6.54 Å². The standard InChI is InChI=1S/C10H7BrN2O/c11-8-4-2-1-3-7(8)10(14)9-5-6-12-13-9/h1-4,12H,5H2. The number of nitrogens with one attached hydrogen (secondary N) is 1. The van der Waals surface area contributed by atoms with Crippen LogP contribution >= 0.6 is 15.9 Å². The number of hydrogen-bond acceptors (Lipinski definition) is 3. The molecular weight excluding hydrogens is 244 g/mol. The molecule has 70 valence electrons. The molecule has 0 saturated heterocycles. The van der Waals surface area contributed by atoms with Gasteiger partial charge >= 0.3 is 0 Å². The smallest absolute Gasteiger partial charge is 0.210 e. The number of rotatable bonds is 2. The zero-order chi connectivity index (χ0) is 9.97. The Hall–Kier alpha value is -1.16. The highest BCUT2D eigenvalue weighted by Crippen LogP contribution is 2.18. The van der Waals surface area contributed by atoms with Crippen LogP contribution in [0.1, 0.15) is 16.8 Å². The van der Waals surface area contributed by atoms with Crippen molar-refractivity contribution in [1.82, 2.24) is 5.43 Å². The number of Topliss-reactive ketones (excluding diaryl/α,β-unsaturated/α-hetero) is 1. The highest BCUT2D eigenvalue weighted by molar-refractivity contribution is 9.10. The molecule has 3 nitrogen and oxygen atoms in total. The van der Waals surface area contributed by atoms with Crippen molar-refractivity contribution in [3.8, 4) is 0 Å². The number of benzene rings is 1. The molecule has 0 spiro atoms. The van der Waals surface area contributed by atoms with Gasteiger partial charge in [0.05, 0.1) is 0 Å². The molecule has 0 aromatic heterocycles. The molecular formula is C10H7BrN2O. The lowest BCUT2D eigenvalue weighted by molar-refractivity contribution is 0.106. The molecule has 1 aromatic rings. The van der Waals surface area contributed by atoms with Gasteiger partial charge in [0.15, 0.2) is 0 Å². The largest absolute Gasteiger partial charge is 0.298 e. The van der Waals surface area contributed by atoms with E-state index in [1.54, 1.807) is 6.07 Å². The van der Waals surface area contributed by atoms with E-state index in [9.17, 15) is 4.79 Å². The maximum atomic E-state index is 11.8. The van der Waals surface area contributed by atoms with Crippen molar-refractivity contribution < 1.29 is 4.79 Å². The summed E-state index contributed by atoms with van der Waals surface area (Å²) in [5.74, 6) is -0.0602. The fourth-order valence-corrected chi connectivity index (χ4v) is 1.67. The average molecular weight is 251 g/mol. The van der Waals surface area contributed by atoms with Crippen molar-refractivity contribution >= 4 is 27.4 Å². The van der Waals surface area contributed by atoms with Gasteiger partial charge in [-0.2, -0.15) is 5.10 Å². The van der Waals surface area contributed by atoms with Gasteiger partial charge in [-0.1, -0.05) is 28.1 Å². The second-order valence-corrected chi connectivity index (χ2v) is 3.69. The second-order valence-electron chi connectivity index (χ2n) is 2.83. The van der Waals surface area contributed by atoms with E-state index in [1.807, 2.05) is 18.2 Å². The summed E-state index contributed by atoms with van der Waals surface area (Å²) >= 11 is 3.33. The van der Waals surface area contributed by atoms with Gasteiger partial charge in [-0.15, -0.1) is 0 Å². The van der Waals surface area contributed by atoms with Gasteiger partial charge in [0.25, 0.3) is 0 Å². The second kappa shape index (κ2) is 3.92. The zero-order valence-corrected chi connectivity index (χ0v) is 8.84. The Morgan fingerprint density at radius 1 is 1.50 bits per heavy atom. The summed E-state index contributed by atoms with van der Waals surface area (Å²) in [5.41, 5.74) is 3.68. The van der Waals surface area contributed by atoms with Crippen molar-refractivity contribution in [2.75, 3.05) is 0 Å². The first kappa shape index (κ1) is 9.40. The molecule has 1 aliphatic rings. The Morgan fingerprint density at radius 2 is 2.29 bits per heavy atom. The fraction of sp³-hybridized carbons (Fsp3) is 0.100. The average Bonchev–Trinajstić information content (AvgIpc) is 2.70. The summed E-state index contributed by atoms with van der Waals surface area (Å²) in [5, 5.41) is 3.84. The van der Waals surface area contributed by atoms with Gasteiger partial charge in [-0.05, 0) is 12.1 Å². The Balaban J connectivity index is 2.31. The molecule has 2 radical (unpaired) electrons. The van der Waals surface area contributed by atoms with E-state index < -0.39 is 0 Å². The number of halogens is 1. The molecule has 2 rings (SSSR count). The molecule has 1 N–H and O–H groups in total. The molecule has 0 amide bonds. The molecule has 1 aromatic carbocycles. The van der Waals surface area contributed by atoms with Gasteiger partial charge in [-0.3, -0.25) is 10.2 Å². The first-order valence-electron chi connectivity index (χ1n) is 4.12. The predicted octanol–water partition coefficient (Wildman–Crippen LogP) is 2.02. The number of nitrogens with zero attached hydrogens (tertiary/aromatic N) is 1. The van der Waals surface area contributed by atoms with Gasteiger partial charge < -0.3 is 0 Å². The zero-order valence-electron chi connectivity index (χ0n) is 7.25. The molecule has 0 aliphatic carbocycles. The summed E-state index contributed by atoms with van der Waals surface area (Å²) in [6.07, 6.45) is 0.458. The minimum atomic E-state index is -0.0602.